The van der Waals surface area contributed by atoms with Gasteiger partial charge in [0.1, 0.15) is 12.1 Å². The molecule has 0 aliphatic heterocycles. The largest absolute Gasteiger partial charge is 0.325 e. The molecule has 0 fully saturated rings. The number of benzene rings is 1. The minimum atomic E-state index is -0.332. The van der Waals surface area contributed by atoms with Gasteiger partial charge in [0.15, 0.2) is 5.16 Å². The Kier molecular flexibility index (Phi) is 4.73. The maximum Gasteiger partial charge on any atom is 0.237 e. The Labute approximate surface area is 120 Å². The second kappa shape index (κ2) is 6.51. The van der Waals surface area contributed by atoms with E-state index in [1.807, 2.05) is 11.5 Å². The van der Waals surface area contributed by atoms with Crippen molar-refractivity contribution in [3.63, 3.8) is 0 Å². The summed E-state index contributed by atoms with van der Waals surface area (Å²) in [7, 11) is 0. The SMILES string of the molecule is CCn1cnnc1S[C@H](C)C(=O)Nc1ccc(F)cc1. The van der Waals surface area contributed by atoms with Crippen LogP contribution < -0.4 is 5.32 Å². The molecular formula is C13H15FN4OS. The maximum atomic E-state index is 12.8. The van der Waals surface area contributed by atoms with Crippen molar-refractivity contribution in [2.45, 2.75) is 30.8 Å². The van der Waals surface area contributed by atoms with E-state index in [2.05, 4.69) is 15.5 Å². The Morgan fingerprint density at radius 1 is 1.45 bits per heavy atom. The number of aryl methyl sites for hydroxylation is 1. The molecule has 1 aromatic heterocycles. The zero-order valence-corrected chi connectivity index (χ0v) is 12.0. The molecule has 0 aliphatic rings. The van der Waals surface area contributed by atoms with Crippen LogP contribution in [0.4, 0.5) is 10.1 Å². The van der Waals surface area contributed by atoms with Crippen LogP contribution in [0.3, 0.4) is 0 Å². The quantitative estimate of drug-likeness (QED) is 0.861. The zero-order valence-electron chi connectivity index (χ0n) is 11.2. The first-order valence-corrected chi connectivity index (χ1v) is 7.09. The van der Waals surface area contributed by atoms with Gasteiger partial charge in [-0.1, -0.05) is 11.8 Å². The zero-order chi connectivity index (χ0) is 14.5. The van der Waals surface area contributed by atoms with Gasteiger partial charge in [0, 0.05) is 12.2 Å². The molecule has 1 aromatic carbocycles. The van der Waals surface area contributed by atoms with Gasteiger partial charge in [0.2, 0.25) is 5.91 Å². The van der Waals surface area contributed by atoms with E-state index in [-0.39, 0.29) is 17.0 Å². The Hall–Kier alpha value is -1.89. The van der Waals surface area contributed by atoms with Gasteiger partial charge < -0.3 is 9.88 Å². The van der Waals surface area contributed by atoms with Crippen LogP contribution in [0.5, 0.6) is 0 Å². The molecule has 20 heavy (non-hydrogen) atoms. The van der Waals surface area contributed by atoms with E-state index in [0.29, 0.717) is 10.8 Å². The summed E-state index contributed by atoms with van der Waals surface area (Å²) in [6, 6.07) is 5.67. The Bertz CT molecular complexity index is 584. The van der Waals surface area contributed by atoms with Crippen molar-refractivity contribution in [2.75, 3.05) is 5.32 Å². The Balaban J connectivity index is 1.97. The number of thioether (sulfide) groups is 1. The fourth-order valence-corrected chi connectivity index (χ4v) is 2.43. The van der Waals surface area contributed by atoms with E-state index in [1.165, 1.54) is 36.0 Å². The highest BCUT2D eigenvalue weighted by atomic mass is 32.2. The number of nitrogens with zero attached hydrogens (tertiary/aromatic N) is 3. The number of amides is 1. The predicted octanol–water partition coefficient (Wildman–Crippen LogP) is 2.56. The molecule has 0 saturated carbocycles. The molecule has 5 nitrogen and oxygen atoms in total. The molecule has 2 aromatic rings. The third-order valence-electron chi connectivity index (χ3n) is 2.68. The number of aromatic nitrogens is 3. The Morgan fingerprint density at radius 3 is 2.80 bits per heavy atom. The topological polar surface area (TPSA) is 59.8 Å². The summed E-state index contributed by atoms with van der Waals surface area (Å²) in [5, 5.41) is 10.9. The van der Waals surface area contributed by atoms with Gasteiger partial charge in [-0.3, -0.25) is 4.79 Å². The van der Waals surface area contributed by atoms with Crippen molar-refractivity contribution in [3.8, 4) is 0 Å². The minimum absolute atomic E-state index is 0.160. The molecule has 1 atom stereocenters. The van der Waals surface area contributed by atoms with Crippen molar-refractivity contribution < 1.29 is 9.18 Å². The Morgan fingerprint density at radius 2 is 2.15 bits per heavy atom. The lowest BCUT2D eigenvalue weighted by molar-refractivity contribution is -0.115. The fraction of sp³-hybridized carbons (Fsp3) is 0.308. The van der Waals surface area contributed by atoms with Gasteiger partial charge in [-0.05, 0) is 38.1 Å². The van der Waals surface area contributed by atoms with Crippen molar-refractivity contribution in [1.29, 1.82) is 0 Å². The third-order valence-corrected chi connectivity index (χ3v) is 3.78. The molecule has 0 saturated heterocycles. The molecule has 0 unspecified atom stereocenters. The summed E-state index contributed by atoms with van der Waals surface area (Å²) >= 11 is 1.34. The summed E-state index contributed by atoms with van der Waals surface area (Å²) in [6.07, 6.45) is 1.63. The van der Waals surface area contributed by atoms with E-state index in [4.69, 9.17) is 0 Å². The first-order valence-electron chi connectivity index (χ1n) is 6.21. The summed E-state index contributed by atoms with van der Waals surface area (Å²) in [5.74, 6) is -0.492. The number of hydrogen-bond donors (Lipinski definition) is 1. The number of nitrogens with one attached hydrogen (secondary N) is 1. The van der Waals surface area contributed by atoms with Crippen LogP contribution in [0, 0.1) is 5.82 Å². The first kappa shape index (κ1) is 14.5. The lowest BCUT2D eigenvalue weighted by Crippen LogP contribution is -2.22. The lowest BCUT2D eigenvalue weighted by atomic mass is 10.3. The third kappa shape index (κ3) is 3.57. The summed E-state index contributed by atoms with van der Waals surface area (Å²) in [5.41, 5.74) is 0.570. The fourth-order valence-electron chi connectivity index (χ4n) is 1.54. The smallest absolute Gasteiger partial charge is 0.237 e. The van der Waals surface area contributed by atoms with Crippen LogP contribution in [-0.4, -0.2) is 25.9 Å². The van der Waals surface area contributed by atoms with E-state index in [0.717, 1.165) is 6.54 Å². The van der Waals surface area contributed by atoms with Crippen molar-refractivity contribution in [2.24, 2.45) is 0 Å². The lowest BCUT2D eigenvalue weighted by Gasteiger charge is -2.11. The van der Waals surface area contributed by atoms with E-state index in [1.54, 1.807) is 13.3 Å². The highest BCUT2D eigenvalue weighted by Crippen LogP contribution is 2.22. The monoisotopic (exact) mass is 294 g/mol. The average molecular weight is 294 g/mol. The van der Waals surface area contributed by atoms with E-state index < -0.39 is 0 Å². The van der Waals surface area contributed by atoms with E-state index in [9.17, 15) is 9.18 Å². The number of anilines is 1. The standard InChI is InChI=1S/C13H15FN4OS/c1-3-18-8-15-17-13(18)20-9(2)12(19)16-11-6-4-10(14)5-7-11/h4-9H,3H2,1-2H3,(H,16,19)/t9-/m1/s1. The highest BCUT2D eigenvalue weighted by Gasteiger charge is 2.17. The van der Waals surface area contributed by atoms with Crippen LogP contribution in [-0.2, 0) is 11.3 Å². The highest BCUT2D eigenvalue weighted by molar-refractivity contribution is 8.00. The molecular weight excluding hydrogens is 279 g/mol. The molecule has 0 bridgehead atoms. The molecule has 0 radical (unpaired) electrons. The van der Waals surface area contributed by atoms with Crippen molar-refractivity contribution in [1.82, 2.24) is 14.8 Å². The van der Waals surface area contributed by atoms with Gasteiger partial charge in [-0.25, -0.2) is 4.39 Å². The van der Waals surface area contributed by atoms with Gasteiger partial charge in [0.25, 0.3) is 0 Å². The van der Waals surface area contributed by atoms with Gasteiger partial charge in [-0.15, -0.1) is 10.2 Å². The summed E-state index contributed by atoms with van der Waals surface area (Å²) in [4.78, 5) is 12.0. The maximum absolute atomic E-state index is 12.8. The average Bonchev–Trinajstić information content (AvgIpc) is 2.88. The number of halogens is 1. The second-order valence-corrected chi connectivity index (χ2v) is 5.46. The second-order valence-electron chi connectivity index (χ2n) is 4.16. The molecule has 0 spiro atoms. The molecule has 1 heterocycles. The number of rotatable bonds is 5. The van der Waals surface area contributed by atoms with Gasteiger partial charge >= 0.3 is 0 Å². The number of carbonyl (C=O) groups is 1. The van der Waals surface area contributed by atoms with Gasteiger partial charge in [-0.2, -0.15) is 0 Å². The van der Waals surface area contributed by atoms with Crippen LogP contribution in [0.2, 0.25) is 0 Å². The van der Waals surface area contributed by atoms with Crippen LogP contribution in [0.25, 0.3) is 0 Å². The van der Waals surface area contributed by atoms with Crippen LogP contribution in [0.15, 0.2) is 35.7 Å². The molecule has 7 heteroatoms. The molecule has 106 valence electrons. The molecule has 0 aliphatic carbocycles. The first-order chi connectivity index (χ1) is 9.60. The van der Waals surface area contributed by atoms with Crippen molar-refractivity contribution >= 4 is 23.4 Å². The summed E-state index contributed by atoms with van der Waals surface area (Å²) in [6.45, 7) is 4.52. The molecule has 1 N–H and O–H groups in total. The predicted molar refractivity (Wildman–Crippen MR) is 76.0 cm³/mol. The normalized spacial score (nSPS) is 12.2. The molecule has 2 rings (SSSR count). The van der Waals surface area contributed by atoms with Gasteiger partial charge in [0.05, 0.1) is 5.25 Å². The van der Waals surface area contributed by atoms with E-state index >= 15 is 0 Å². The van der Waals surface area contributed by atoms with Crippen molar-refractivity contribution in [3.05, 3.63) is 36.4 Å². The van der Waals surface area contributed by atoms with Crippen LogP contribution in [0.1, 0.15) is 13.8 Å². The molecule has 1 amide bonds. The minimum Gasteiger partial charge on any atom is -0.325 e. The number of carbonyl (C=O) groups excluding carboxylic acids is 1. The van der Waals surface area contributed by atoms with Crippen LogP contribution >= 0.6 is 11.8 Å². The number of hydrogen-bond acceptors (Lipinski definition) is 4. The summed E-state index contributed by atoms with van der Waals surface area (Å²) < 4.78 is 14.7.